The number of hydrogen-bond donors (Lipinski definition) is 1. The molecule has 0 bridgehead atoms. The Morgan fingerprint density at radius 2 is 2.14 bits per heavy atom. The Balaban J connectivity index is 1.73. The molecule has 2 aromatic rings. The molecule has 0 radical (unpaired) electrons. The number of hydrogen-bond acceptors (Lipinski definition) is 3. The molecule has 1 fully saturated rings. The lowest BCUT2D eigenvalue weighted by Gasteiger charge is -2.24. The fraction of sp³-hybridized carbons (Fsp3) is 0.588. The van der Waals surface area contributed by atoms with E-state index in [1.165, 1.54) is 42.5 Å². The van der Waals surface area contributed by atoms with Crippen LogP contribution in [0.4, 0.5) is 5.95 Å². The van der Waals surface area contributed by atoms with Crippen molar-refractivity contribution in [2.75, 3.05) is 5.32 Å². The number of nitrogens with one attached hydrogen (secondary N) is 1. The normalized spacial score (nSPS) is 16.3. The average Bonchev–Trinajstić information content (AvgIpc) is 3.11. The predicted molar refractivity (Wildman–Crippen MR) is 90.1 cm³/mol. The van der Waals surface area contributed by atoms with Crippen LogP contribution in [0.3, 0.4) is 0 Å². The van der Waals surface area contributed by atoms with Gasteiger partial charge in [0, 0.05) is 17.1 Å². The Hall–Kier alpha value is -1.29. The smallest absolute Gasteiger partial charge is 0.203 e. The molecule has 4 heteroatoms. The quantitative estimate of drug-likeness (QED) is 0.848. The summed E-state index contributed by atoms with van der Waals surface area (Å²) < 4.78 is 2.38. The topological polar surface area (TPSA) is 29.9 Å². The van der Waals surface area contributed by atoms with Crippen LogP contribution < -0.4 is 5.32 Å². The first kappa shape index (κ1) is 14.6. The van der Waals surface area contributed by atoms with Crippen LogP contribution in [0.5, 0.6) is 0 Å². The predicted octanol–water partition coefficient (Wildman–Crippen LogP) is 4.93. The molecule has 114 valence electrons. The van der Waals surface area contributed by atoms with Gasteiger partial charge in [-0.25, -0.2) is 4.98 Å². The Kier molecular flexibility index (Phi) is 4.63. The van der Waals surface area contributed by atoms with Crippen LogP contribution in [0.1, 0.15) is 61.2 Å². The minimum atomic E-state index is 0.636. The monoisotopic (exact) mass is 303 g/mol. The Labute approximate surface area is 131 Å². The summed E-state index contributed by atoms with van der Waals surface area (Å²) in [5, 5.41) is 5.76. The highest BCUT2D eigenvalue weighted by atomic mass is 32.1. The second-order valence-electron chi connectivity index (χ2n) is 5.98. The van der Waals surface area contributed by atoms with E-state index in [4.69, 9.17) is 4.98 Å². The van der Waals surface area contributed by atoms with Gasteiger partial charge in [-0.2, -0.15) is 0 Å². The van der Waals surface area contributed by atoms with Crippen molar-refractivity contribution < 1.29 is 0 Å². The molecule has 0 atom stereocenters. The van der Waals surface area contributed by atoms with E-state index in [1.54, 1.807) is 0 Å². The van der Waals surface area contributed by atoms with Gasteiger partial charge in [0.05, 0.1) is 12.2 Å². The molecule has 0 spiro atoms. The average molecular weight is 303 g/mol. The van der Waals surface area contributed by atoms with Crippen molar-refractivity contribution in [3.05, 3.63) is 33.8 Å². The molecule has 2 aromatic heterocycles. The summed E-state index contributed by atoms with van der Waals surface area (Å²) in [5.41, 5.74) is 2.57. The molecule has 1 aliphatic carbocycles. The van der Waals surface area contributed by atoms with Crippen molar-refractivity contribution in [2.24, 2.45) is 0 Å². The summed E-state index contributed by atoms with van der Waals surface area (Å²) in [6.45, 7) is 5.20. The third-order valence-corrected chi connectivity index (χ3v) is 5.41. The summed E-state index contributed by atoms with van der Waals surface area (Å²) in [6, 6.07) is 2.87. The molecule has 21 heavy (non-hydrogen) atoms. The van der Waals surface area contributed by atoms with E-state index in [1.807, 2.05) is 11.3 Å². The minimum absolute atomic E-state index is 0.636. The number of rotatable bonds is 5. The Morgan fingerprint density at radius 3 is 2.90 bits per heavy atom. The fourth-order valence-electron chi connectivity index (χ4n) is 3.28. The van der Waals surface area contributed by atoms with Gasteiger partial charge in [-0.15, -0.1) is 11.3 Å². The second-order valence-corrected chi connectivity index (χ2v) is 6.98. The molecule has 3 rings (SSSR count). The van der Waals surface area contributed by atoms with E-state index in [-0.39, 0.29) is 0 Å². The molecule has 1 aliphatic rings. The summed E-state index contributed by atoms with van der Waals surface area (Å²) in [7, 11) is 0. The van der Waals surface area contributed by atoms with Gasteiger partial charge >= 0.3 is 0 Å². The number of nitrogens with zero attached hydrogens (tertiary/aromatic N) is 2. The van der Waals surface area contributed by atoms with Crippen molar-refractivity contribution in [2.45, 2.75) is 65.0 Å². The molecular weight excluding hydrogens is 278 g/mol. The summed E-state index contributed by atoms with van der Waals surface area (Å²) in [5.74, 6) is 1.05. The lowest BCUT2D eigenvalue weighted by Crippen LogP contribution is -2.15. The fourth-order valence-corrected chi connectivity index (χ4v) is 4.20. The standard InChI is InChI=1S/C17H25N3S/c1-3-14-9-10-21-16(14)11-18-17-19-13(2)12-20(17)15-7-5-4-6-8-15/h9-10,12,15H,3-8,11H2,1-2H3,(H,18,19). The van der Waals surface area contributed by atoms with Crippen LogP contribution in [-0.2, 0) is 13.0 Å². The van der Waals surface area contributed by atoms with Crippen molar-refractivity contribution in [1.82, 2.24) is 9.55 Å². The van der Waals surface area contributed by atoms with E-state index in [9.17, 15) is 0 Å². The van der Waals surface area contributed by atoms with Crippen LogP contribution in [0, 0.1) is 6.92 Å². The number of aryl methyl sites for hydroxylation is 2. The number of imidazole rings is 1. The van der Waals surface area contributed by atoms with Gasteiger partial charge in [-0.05, 0) is 43.2 Å². The third kappa shape index (κ3) is 3.31. The van der Waals surface area contributed by atoms with E-state index in [0.29, 0.717) is 6.04 Å². The van der Waals surface area contributed by atoms with Crippen LogP contribution >= 0.6 is 11.3 Å². The largest absolute Gasteiger partial charge is 0.351 e. The lowest BCUT2D eigenvalue weighted by atomic mass is 9.95. The van der Waals surface area contributed by atoms with E-state index >= 15 is 0 Å². The molecule has 0 saturated heterocycles. The van der Waals surface area contributed by atoms with Gasteiger partial charge in [0.25, 0.3) is 0 Å². The van der Waals surface area contributed by atoms with Crippen molar-refractivity contribution in [1.29, 1.82) is 0 Å². The van der Waals surface area contributed by atoms with Gasteiger partial charge in [-0.1, -0.05) is 26.2 Å². The van der Waals surface area contributed by atoms with Crippen LogP contribution in [0.25, 0.3) is 0 Å². The van der Waals surface area contributed by atoms with Gasteiger partial charge < -0.3 is 9.88 Å². The lowest BCUT2D eigenvalue weighted by molar-refractivity contribution is 0.355. The summed E-state index contributed by atoms with van der Waals surface area (Å²) in [4.78, 5) is 6.14. The first-order chi connectivity index (χ1) is 10.3. The van der Waals surface area contributed by atoms with Crippen molar-refractivity contribution in [3.8, 4) is 0 Å². The first-order valence-electron chi connectivity index (χ1n) is 8.12. The molecule has 0 aliphatic heterocycles. The van der Waals surface area contributed by atoms with Crippen molar-refractivity contribution >= 4 is 17.3 Å². The van der Waals surface area contributed by atoms with Crippen LogP contribution in [0.15, 0.2) is 17.6 Å². The van der Waals surface area contributed by atoms with E-state index in [2.05, 4.69) is 41.4 Å². The Bertz CT molecular complexity index is 579. The van der Waals surface area contributed by atoms with Gasteiger partial charge in [-0.3, -0.25) is 0 Å². The third-order valence-electron chi connectivity index (χ3n) is 4.45. The van der Waals surface area contributed by atoms with E-state index in [0.717, 1.165) is 24.6 Å². The zero-order chi connectivity index (χ0) is 14.7. The van der Waals surface area contributed by atoms with Gasteiger partial charge in [0.1, 0.15) is 0 Å². The maximum absolute atomic E-state index is 4.70. The zero-order valence-electron chi connectivity index (χ0n) is 13.1. The molecule has 0 amide bonds. The highest BCUT2D eigenvalue weighted by Gasteiger charge is 2.18. The molecular formula is C17H25N3S. The van der Waals surface area contributed by atoms with Gasteiger partial charge in [0.15, 0.2) is 0 Å². The molecule has 0 unspecified atom stereocenters. The first-order valence-corrected chi connectivity index (χ1v) is 9.00. The van der Waals surface area contributed by atoms with E-state index < -0.39 is 0 Å². The van der Waals surface area contributed by atoms with Crippen LogP contribution in [-0.4, -0.2) is 9.55 Å². The number of aromatic nitrogens is 2. The zero-order valence-corrected chi connectivity index (χ0v) is 13.9. The minimum Gasteiger partial charge on any atom is -0.351 e. The van der Waals surface area contributed by atoms with Crippen LogP contribution in [0.2, 0.25) is 0 Å². The molecule has 3 nitrogen and oxygen atoms in total. The Morgan fingerprint density at radius 1 is 1.33 bits per heavy atom. The highest BCUT2D eigenvalue weighted by molar-refractivity contribution is 7.10. The summed E-state index contributed by atoms with van der Waals surface area (Å²) >= 11 is 1.84. The molecule has 0 aromatic carbocycles. The molecule has 1 N–H and O–H groups in total. The number of anilines is 1. The number of thiophene rings is 1. The maximum Gasteiger partial charge on any atom is 0.203 e. The molecule has 2 heterocycles. The van der Waals surface area contributed by atoms with Gasteiger partial charge in [0.2, 0.25) is 5.95 Å². The second kappa shape index (κ2) is 6.65. The highest BCUT2D eigenvalue weighted by Crippen LogP contribution is 2.31. The SMILES string of the molecule is CCc1ccsc1CNc1nc(C)cn1C1CCCCC1. The maximum atomic E-state index is 4.70. The molecule has 1 saturated carbocycles. The van der Waals surface area contributed by atoms with Crippen molar-refractivity contribution in [3.63, 3.8) is 0 Å². The summed E-state index contributed by atoms with van der Waals surface area (Å²) in [6.07, 6.45) is 10.0.